The molecule has 0 amide bonds. The summed E-state index contributed by atoms with van der Waals surface area (Å²) < 4.78 is 0. The lowest BCUT2D eigenvalue weighted by molar-refractivity contribution is 0.592. The average molecular weight is 179 g/mol. The van der Waals surface area contributed by atoms with Gasteiger partial charge in [0.25, 0.3) is 0 Å². The fourth-order valence-corrected chi connectivity index (χ4v) is 2.13. The van der Waals surface area contributed by atoms with E-state index in [9.17, 15) is 0 Å². The lowest BCUT2D eigenvalue weighted by atomic mass is 10.1. The first-order valence-corrected chi connectivity index (χ1v) is 5.31. The Kier molecular flexibility index (Phi) is 2.47. The van der Waals surface area contributed by atoms with Gasteiger partial charge in [0, 0.05) is 17.1 Å². The minimum absolute atomic E-state index is 1.15. The number of rotatable bonds is 1. The first kappa shape index (κ1) is 7.87. The fourth-order valence-electron chi connectivity index (χ4n) is 1.45. The van der Waals surface area contributed by atoms with Crippen LogP contribution in [0.4, 0.5) is 0 Å². The quantitative estimate of drug-likeness (QED) is 0.699. The molecular weight excluding hydrogens is 166 g/mol. The van der Waals surface area contributed by atoms with Crippen LogP contribution in [0.3, 0.4) is 0 Å². The highest BCUT2D eigenvalue weighted by atomic mass is 32.1. The molecule has 2 heteroatoms. The van der Waals surface area contributed by atoms with Gasteiger partial charge in [0.2, 0.25) is 0 Å². The third-order valence-electron chi connectivity index (χ3n) is 2.08. The van der Waals surface area contributed by atoms with Crippen LogP contribution in [0.1, 0.15) is 24.1 Å². The topological polar surface area (TPSA) is 12.0 Å². The predicted octanol–water partition coefficient (Wildman–Crippen LogP) is 2.86. The van der Waals surface area contributed by atoms with Gasteiger partial charge in [-0.2, -0.15) is 0 Å². The molecule has 0 radical (unpaired) electrons. The maximum absolute atomic E-state index is 3.43. The van der Waals surface area contributed by atoms with E-state index in [1.807, 2.05) is 0 Å². The van der Waals surface area contributed by atoms with Crippen molar-refractivity contribution in [1.29, 1.82) is 0 Å². The first-order chi connectivity index (χ1) is 5.95. The Morgan fingerprint density at radius 1 is 1.42 bits per heavy atom. The number of thiophene rings is 1. The van der Waals surface area contributed by atoms with Crippen molar-refractivity contribution in [3.63, 3.8) is 0 Å². The number of hydrogen-bond donors (Lipinski definition) is 1. The molecule has 1 N–H and O–H groups in total. The molecule has 0 saturated carbocycles. The standard InChI is InChI=1S/C10H13NS/c1-2-6-11-9(4-1)8-10-5-3-7-12-10/h3,5,7-8,11H,1-2,4,6H2. The number of allylic oxidation sites excluding steroid dienone is 1. The van der Waals surface area contributed by atoms with Gasteiger partial charge in [-0.3, -0.25) is 0 Å². The highest BCUT2D eigenvalue weighted by molar-refractivity contribution is 7.10. The third-order valence-corrected chi connectivity index (χ3v) is 2.90. The Balaban J connectivity index is 2.07. The average Bonchev–Trinajstić information content (AvgIpc) is 2.59. The molecule has 1 saturated heterocycles. The summed E-state index contributed by atoms with van der Waals surface area (Å²) in [6.45, 7) is 1.15. The third kappa shape index (κ3) is 1.89. The van der Waals surface area contributed by atoms with Crippen molar-refractivity contribution < 1.29 is 0 Å². The van der Waals surface area contributed by atoms with Crippen molar-refractivity contribution in [1.82, 2.24) is 5.32 Å². The second-order valence-corrected chi connectivity index (χ2v) is 4.05. The van der Waals surface area contributed by atoms with Gasteiger partial charge in [-0.1, -0.05) is 6.07 Å². The van der Waals surface area contributed by atoms with Gasteiger partial charge < -0.3 is 5.32 Å². The Bertz CT molecular complexity index is 253. The molecule has 0 bridgehead atoms. The number of hydrogen-bond acceptors (Lipinski definition) is 2. The Hall–Kier alpha value is -0.760. The molecule has 0 spiro atoms. The van der Waals surface area contributed by atoms with Crippen LogP contribution in [0.2, 0.25) is 0 Å². The van der Waals surface area contributed by atoms with Crippen molar-refractivity contribution in [2.24, 2.45) is 0 Å². The van der Waals surface area contributed by atoms with Gasteiger partial charge >= 0.3 is 0 Å². The summed E-state index contributed by atoms with van der Waals surface area (Å²) in [4.78, 5) is 1.36. The highest BCUT2D eigenvalue weighted by Gasteiger charge is 2.03. The van der Waals surface area contributed by atoms with Crippen molar-refractivity contribution >= 4 is 17.4 Å². The monoisotopic (exact) mass is 179 g/mol. The smallest absolute Gasteiger partial charge is 0.0287 e. The van der Waals surface area contributed by atoms with Crippen LogP contribution in [0, 0.1) is 0 Å². The van der Waals surface area contributed by atoms with E-state index in [-0.39, 0.29) is 0 Å². The van der Waals surface area contributed by atoms with E-state index in [0.717, 1.165) is 6.54 Å². The molecule has 1 fully saturated rings. The summed E-state index contributed by atoms with van der Waals surface area (Å²) in [5.74, 6) is 0. The largest absolute Gasteiger partial charge is 0.388 e. The Morgan fingerprint density at radius 2 is 2.42 bits per heavy atom. The van der Waals surface area contributed by atoms with Gasteiger partial charge in [-0.05, 0) is 36.8 Å². The zero-order valence-electron chi connectivity index (χ0n) is 7.05. The second kappa shape index (κ2) is 3.76. The first-order valence-electron chi connectivity index (χ1n) is 4.43. The number of piperidine rings is 1. The summed E-state index contributed by atoms with van der Waals surface area (Å²) in [6, 6.07) is 4.26. The molecule has 1 aromatic heterocycles. The summed E-state index contributed by atoms with van der Waals surface area (Å²) >= 11 is 1.80. The van der Waals surface area contributed by atoms with Crippen LogP contribution in [0.25, 0.3) is 6.08 Å². The summed E-state index contributed by atoms with van der Waals surface area (Å²) in [6.07, 6.45) is 6.15. The highest BCUT2D eigenvalue weighted by Crippen LogP contribution is 2.17. The molecule has 0 aliphatic carbocycles. The SMILES string of the molecule is C(=C1CCCCN1)c1cccs1. The Labute approximate surface area is 77.1 Å². The van der Waals surface area contributed by atoms with Crippen LogP contribution in [-0.2, 0) is 0 Å². The minimum Gasteiger partial charge on any atom is -0.388 e. The normalized spacial score (nSPS) is 20.8. The molecule has 0 unspecified atom stereocenters. The van der Waals surface area contributed by atoms with Crippen molar-refractivity contribution in [3.05, 3.63) is 28.1 Å². The fraction of sp³-hybridized carbons (Fsp3) is 0.400. The molecule has 1 aliphatic rings. The summed E-state index contributed by atoms with van der Waals surface area (Å²) in [5, 5.41) is 5.55. The predicted molar refractivity (Wildman–Crippen MR) is 54.1 cm³/mol. The Morgan fingerprint density at radius 3 is 3.08 bits per heavy atom. The molecule has 2 heterocycles. The lowest BCUT2D eigenvalue weighted by Crippen LogP contribution is -2.19. The van der Waals surface area contributed by atoms with E-state index in [2.05, 4.69) is 28.9 Å². The summed E-state index contributed by atoms with van der Waals surface area (Å²) in [7, 11) is 0. The van der Waals surface area contributed by atoms with Crippen LogP contribution in [-0.4, -0.2) is 6.54 Å². The molecule has 1 aliphatic heterocycles. The van der Waals surface area contributed by atoms with Gasteiger partial charge in [-0.15, -0.1) is 11.3 Å². The van der Waals surface area contributed by atoms with Crippen molar-refractivity contribution in [3.8, 4) is 0 Å². The van der Waals surface area contributed by atoms with E-state index in [4.69, 9.17) is 0 Å². The van der Waals surface area contributed by atoms with Gasteiger partial charge in [0.15, 0.2) is 0 Å². The van der Waals surface area contributed by atoms with Gasteiger partial charge in [0.1, 0.15) is 0 Å². The zero-order chi connectivity index (χ0) is 8.23. The van der Waals surface area contributed by atoms with Crippen LogP contribution < -0.4 is 5.32 Å². The van der Waals surface area contributed by atoms with E-state index < -0.39 is 0 Å². The molecule has 1 aromatic rings. The van der Waals surface area contributed by atoms with Crippen molar-refractivity contribution in [2.75, 3.05) is 6.54 Å². The summed E-state index contributed by atoms with van der Waals surface area (Å²) in [5.41, 5.74) is 1.41. The van der Waals surface area contributed by atoms with Crippen molar-refractivity contribution in [2.45, 2.75) is 19.3 Å². The van der Waals surface area contributed by atoms with E-state index in [0.29, 0.717) is 0 Å². The molecule has 0 atom stereocenters. The minimum atomic E-state index is 1.15. The number of nitrogens with one attached hydrogen (secondary N) is 1. The van der Waals surface area contributed by atoms with E-state index in [1.165, 1.54) is 29.8 Å². The molecule has 2 rings (SSSR count). The lowest BCUT2D eigenvalue weighted by Gasteiger charge is -2.15. The van der Waals surface area contributed by atoms with Crippen LogP contribution in [0.15, 0.2) is 23.2 Å². The van der Waals surface area contributed by atoms with Crippen LogP contribution >= 0.6 is 11.3 Å². The zero-order valence-corrected chi connectivity index (χ0v) is 7.86. The van der Waals surface area contributed by atoms with Crippen LogP contribution in [0.5, 0.6) is 0 Å². The molecule has 1 nitrogen and oxygen atoms in total. The molecule has 12 heavy (non-hydrogen) atoms. The van der Waals surface area contributed by atoms with Gasteiger partial charge in [0.05, 0.1) is 0 Å². The van der Waals surface area contributed by atoms with E-state index >= 15 is 0 Å². The maximum Gasteiger partial charge on any atom is 0.0287 e. The van der Waals surface area contributed by atoms with E-state index in [1.54, 1.807) is 11.3 Å². The maximum atomic E-state index is 3.43. The molecular formula is C10H13NS. The molecule has 0 aromatic carbocycles. The van der Waals surface area contributed by atoms with Gasteiger partial charge in [-0.25, -0.2) is 0 Å². The second-order valence-electron chi connectivity index (χ2n) is 3.07. The molecule has 64 valence electrons.